The van der Waals surface area contributed by atoms with E-state index >= 15 is 0 Å². The lowest BCUT2D eigenvalue weighted by Gasteiger charge is -2.13. The average Bonchev–Trinajstić information content (AvgIpc) is 2.96. The molecule has 0 radical (unpaired) electrons. The number of carboxylic acids is 1. The first kappa shape index (κ1) is 13.3. The molecule has 1 heterocycles. The largest absolute Gasteiger partial charge is 0.481 e. The van der Waals surface area contributed by atoms with Crippen molar-refractivity contribution in [2.75, 3.05) is 0 Å². The summed E-state index contributed by atoms with van der Waals surface area (Å²) in [5.74, 6) is -0.474. The Labute approximate surface area is 110 Å². The lowest BCUT2D eigenvalue weighted by Crippen LogP contribution is -2.41. The van der Waals surface area contributed by atoms with E-state index in [-0.39, 0.29) is 24.5 Å². The molecule has 2 amide bonds. The van der Waals surface area contributed by atoms with Crippen LogP contribution < -0.4 is 10.6 Å². The molecule has 1 aliphatic rings. The second-order valence-electron chi connectivity index (χ2n) is 4.73. The van der Waals surface area contributed by atoms with E-state index in [1.54, 1.807) is 17.9 Å². The van der Waals surface area contributed by atoms with E-state index in [0.29, 0.717) is 25.1 Å². The van der Waals surface area contributed by atoms with E-state index in [0.717, 1.165) is 0 Å². The topological polar surface area (TPSA) is 109 Å². The van der Waals surface area contributed by atoms with Gasteiger partial charge in [0.1, 0.15) is 6.33 Å². The number of carbonyl (C=O) groups is 2. The van der Waals surface area contributed by atoms with Crippen LogP contribution in [0.4, 0.5) is 4.79 Å². The van der Waals surface area contributed by atoms with E-state index in [2.05, 4.69) is 20.8 Å². The third-order valence-electron chi connectivity index (χ3n) is 3.33. The van der Waals surface area contributed by atoms with Gasteiger partial charge < -0.3 is 20.3 Å². The van der Waals surface area contributed by atoms with Crippen molar-refractivity contribution >= 4 is 12.0 Å². The number of rotatable bonds is 4. The quantitative estimate of drug-likeness (QED) is 0.704. The summed E-state index contributed by atoms with van der Waals surface area (Å²) in [6.45, 7) is 0.289. The highest BCUT2D eigenvalue weighted by atomic mass is 16.4. The lowest BCUT2D eigenvalue weighted by atomic mass is 10.1. The van der Waals surface area contributed by atoms with Crippen molar-refractivity contribution in [3.63, 3.8) is 0 Å². The zero-order valence-electron chi connectivity index (χ0n) is 10.7. The normalized spacial score (nSPS) is 22.2. The van der Waals surface area contributed by atoms with Crippen LogP contribution in [0.2, 0.25) is 0 Å². The smallest absolute Gasteiger partial charge is 0.315 e. The molecule has 8 heteroatoms. The summed E-state index contributed by atoms with van der Waals surface area (Å²) < 4.78 is 1.72. The Morgan fingerprint density at radius 3 is 2.89 bits per heavy atom. The van der Waals surface area contributed by atoms with Crippen LogP contribution in [0.15, 0.2) is 6.33 Å². The number of carbonyl (C=O) groups excluding carboxylic acids is 1. The van der Waals surface area contributed by atoms with Crippen LogP contribution in [0.25, 0.3) is 0 Å². The molecular formula is C11H17N5O3. The highest BCUT2D eigenvalue weighted by Gasteiger charge is 2.30. The minimum atomic E-state index is -0.788. The molecule has 19 heavy (non-hydrogen) atoms. The van der Waals surface area contributed by atoms with Crippen LogP contribution in [0.1, 0.15) is 25.1 Å². The standard InChI is InChI=1S/C11H17N5O3/c1-16-6-13-15-9(16)5-12-11(19)14-8-3-2-7(4-8)10(17)18/h6-8H,2-5H2,1H3,(H,17,18)(H2,12,14,19)/t7-,8+/m1/s1. The predicted molar refractivity (Wildman–Crippen MR) is 65.1 cm³/mol. The Balaban J connectivity index is 1.73. The van der Waals surface area contributed by atoms with Crippen LogP contribution in [-0.4, -0.2) is 37.9 Å². The summed E-state index contributed by atoms with van der Waals surface area (Å²) in [6, 6.07) is -0.375. The fourth-order valence-electron chi connectivity index (χ4n) is 2.20. The monoisotopic (exact) mass is 267 g/mol. The minimum Gasteiger partial charge on any atom is -0.481 e. The summed E-state index contributed by atoms with van der Waals surface area (Å²) >= 11 is 0. The lowest BCUT2D eigenvalue weighted by molar-refractivity contribution is -0.141. The Kier molecular flexibility index (Phi) is 3.98. The zero-order valence-corrected chi connectivity index (χ0v) is 10.7. The molecule has 0 aliphatic heterocycles. The molecule has 1 aromatic rings. The van der Waals surface area contributed by atoms with Crippen molar-refractivity contribution < 1.29 is 14.7 Å². The van der Waals surface area contributed by atoms with Crippen LogP contribution in [0.5, 0.6) is 0 Å². The summed E-state index contributed by atoms with van der Waals surface area (Å²) in [5.41, 5.74) is 0. The Bertz CT molecular complexity index is 473. The van der Waals surface area contributed by atoms with Gasteiger partial charge in [-0.2, -0.15) is 0 Å². The fraction of sp³-hybridized carbons (Fsp3) is 0.636. The van der Waals surface area contributed by atoms with Gasteiger partial charge in [-0.3, -0.25) is 4.79 Å². The molecule has 1 aliphatic carbocycles. The van der Waals surface area contributed by atoms with Crippen molar-refractivity contribution in [2.45, 2.75) is 31.8 Å². The first-order valence-corrected chi connectivity index (χ1v) is 6.16. The molecule has 0 bridgehead atoms. The van der Waals surface area contributed by atoms with Crippen LogP contribution >= 0.6 is 0 Å². The molecular weight excluding hydrogens is 250 g/mol. The summed E-state index contributed by atoms with van der Waals surface area (Å²) in [5, 5.41) is 21.9. The van der Waals surface area contributed by atoms with Crippen molar-refractivity contribution in [1.82, 2.24) is 25.4 Å². The van der Waals surface area contributed by atoms with Crippen molar-refractivity contribution in [2.24, 2.45) is 13.0 Å². The first-order chi connectivity index (χ1) is 9.06. The van der Waals surface area contributed by atoms with E-state index in [9.17, 15) is 9.59 Å². The number of nitrogens with one attached hydrogen (secondary N) is 2. The molecule has 0 spiro atoms. The van der Waals surface area contributed by atoms with Gasteiger partial charge in [0.05, 0.1) is 12.5 Å². The minimum absolute atomic E-state index is 0.0689. The number of aryl methyl sites for hydroxylation is 1. The third kappa shape index (κ3) is 3.43. The number of nitrogens with zero attached hydrogens (tertiary/aromatic N) is 3. The van der Waals surface area contributed by atoms with Gasteiger partial charge in [-0.25, -0.2) is 4.79 Å². The third-order valence-corrected chi connectivity index (χ3v) is 3.33. The predicted octanol–water partition coefficient (Wildman–Crippen LogP) is -0.132. The van der Waals surface area contributed by atoms with Gasteiger partial charge in [-0.1, -0.05) is 0 Å². The van der Waals surface area contributed by atoms with E-state index < -0.39 is 5.97 Å². The Morgan fingerprint density at radius 2 is 2.32 bits per heavy atom. The second kappa shape index (κ2) is 5.68. The maximum atomic E-state index is 11.7. The molecule has 0 unspecified atom stereocenters. The molecule has 3 N–H and O–H groups in total. The SMILES string of the molecule is Cn1cnnc1CNC(=O)N[C@H]1CC[C@@H](C(=O)O)C1. The molecule has 1 fully saturated rings. The maximum Gasteiger partial charge on any atom is 0.315 e. The van der Waals surface area contributed by atoms with Crippen LogP contribution in [0, 0.1) is 5.92 Å². The number of aromatic nitrogens is 3. The Morgan fingerprint density at radius 1 is 1.53 bits per heavy atom. The molecule has 0 saturated heterocycles. The van der Waals surface area contributed by atoms with E-state index in [1.165, 1.54) is 0 Å². The summed E-state index contributed by atoms with van der Waals surface area (Å²) in [7, 11) is 1.79. The molecule has 104 valence electrons. The van der Waals surface area contributed by atoms with Gasteiger partial charge >= 0.3 is 12.0 Å². The number of hydrogen-bond acceptors (Lipinski definition) is 4. The first-order valence-electron chi connectivity index (χ1n) is 6.16. The van der Waals surface area contributed by atoms with Crippen molar-refractivity contribution in [3.05, 3.63) is 12.2 Å². The zero-order chi connectivity index (χ0) is 13.8. The Hall–Kier alpha value is -2.12. The van der Waals surface area contributed by atoms with E-state index in [1.807, 2.05) is 0 Å². The van der Waals surface area contributed by atoms with Crippen LogP contribution in [0.3, 0.4) is 0 Å². The van der Waals surface area contributed by atoms with Crippen molar-refractivity contribution in [3.8, 4) is 0 Å². The molecule has 2 atom stereocenters. The molecule has 0 aromatic carbocycles. The van der Waals surface area contributed by atoms with Gasteiger partial charge in [0.25, 0.3) is 0 Å². The molecule has 1 aromatic heterocycles. The van der Waals surface area contributed by atoms with Crippen molar-refractivity contribution in [1.29, 1.82) is 0 Å². The molecule has 2 rings (SSSR count). The maximum absolute atomic E-state index is 11.7. The second-order valence-corrected chi connectivity index (χ2v) is 4.73. The number of amides is 2. The van der Waals surface area contributed by atoms with Gasteiger partial charge in [0.2, 0.25) is 0 Å². The highest BCUT2D eigenvalue weighted by Crippen LogP contribution is 2.25. The molecule has 8 nitrogen and oxygen atoms in total. The summed E-state index contributed by atoms with van der Waals surface area (Å²) in [6.07, 6.45) is 3.37. The fourth-order valence-corrected chi connectivity index (χ4v) is 2.20. The van der Waals surface area contributed by atoms with E-state index in [4.69, 9.17) is 5.11 Å². The van der Waals surface area contributed by atoms with Gasteiger partial charge in [0, 0.05) is 13.1 Å². The highest BCUT2D eigenvalue weighted by molar-refractivity contribution is 5.75. The number of aliphatic carboxylic acids is 1. The summed E-state index contributed by atoms with van der Waals surface area (Å²) in [4.78, 5) is 22.5. The number of hydrogen-bond donors (Lipinski definition) is 3. The molecule has 1 saturated carbocycles. The van der Waals surface area contributed by atoms with Gasteiger partial charge in [-0.15, -0.1) is 10.2 Å². The average molecular weight is 267 g/mol. The number of carboxylic acid groups (broad SMARTS) is 1. The van der Waals surface area contributed by atoms with Crippen LogP contribution in [-0.2, 0) is 18.4 Å². The van der Waals surface area contributed by atoms with Gasteiger partial charge in [-0.05, 0) is 19.3 Å². The number of urea groups is 1. The van der Waals surface area contributed by atoms with Gasteiger partial charge in [0.15, 0.2) is 5.82 Å².